The summed E-state index contributed by atoms with van der Waals surface area (Å²) in [6.07, 6.45) is 5.01. The SMILES string of the molecule is C#CCOC(CNCNCN)c1ccc(Oc2ccc(Cl)cc2)cc1Cl. The fourth-order valence-electron chi connectivity index (χ4n) is 2.24. The van der Waals surface area contributed by atoms with Gasteiger partial charge in [-0.25, -0.2) is 0 Å². The quantitative estimate of drug-likeness (QED) is 0.327. The summed E-state index contributed by atoms with van der Waals surface area (Å²) >= 11 is 12.3. The molecule has 0 aliphatic rings. The summed E-state index contributed by atoms with van der Waals surface area (Å²) in [6, 6.07) is 12.5. The van der Waals surface area contributed by atoms with E-state index in [9.17, 15) is 0 Å². The first-order chi connectivity index (χ1) is 12.6. The smallest absolute Gasteiger partial charge is 0.128 e. The van der Waals surface area contributed by atoms with Crippen molar-refractivity contribution in [3.05, 3.63) is 58.1 Å². The molecule has 26 heavy (non-hydrogen) atoms. The van der Waals surface area contributed by atoms with Gasteiger partial charge in [0.1, 0.15) is 18.1 Å². The van der Waals surface area contributed by atoms with E-state index in [4.69, 9.17) is 44.8 Å². The molecule has 0 saturated carbocycles. The second-order valence-corrected chi connectivity index (χ2v) is 6.17. The van der Waals surface area contributed by atoms with E-state index >= 15 is 0 Å². The molecule has 0 aliphatic heterocycles. The van der Waals surface area contributed by atoms with Crippen LogP contribution in [0.4, 0.5) is 0 Å². The van der Waals surface area contributed by atoms with Gasteiger partial charge >= 0.3 is 0 Å². The first kappa shape index (κ1) is 20.5. The number of hydrogen-bond donors (Lipinski definition) is 3. The molecule has 2 aromatic rings. The average Bonchev–Trinajstić information content (AvgIpc) is 2.64. The Morgan fingerprint density at radius 2 is 1.81 bits per heavy atom. The molecule has 2 rings (SSSR count). The maximum atomic E-state index is 6.44. The average molecular weight is 394 g/mol. The highest BCUT2D eigenvalue weighted by atomic mass is 35.5. The number of halogens is 2. The van der Waals surface area contributed by atoms with Crippen molar-refractivity contribution < 1.29 is 9.47 Å². The normalized spacial score (nSPS) is 11.8. The minimum Gasteiger partial charge on any atom is -0.457 e. The Morgan fingerprint density at radius 1 is 1.08 bits per heavy atom. The van der Waals surface area contributed by atoms with Crippen molar-refractivity contribution in [2.24, 2.45) is 5.73 Å². The van der Waals surface area contributed by atoms with Gasteiger partial charge in [-0.05, 0) is 36.4 Å². The van der Waals surface area contributed by atoms with Gasteiger partial charge in [-0.2, -0.15) is 0 Å². The van der Waals surface area contributed by atoms with E-state index in [2.05, 4.69) is 16.6 Å². The van der Waals surface area contributed by atoms with Gasteiger partial charge in [0, 0.05) is 30.5 Å². The Bertz CT molecular complexity index is 733. The summed E-state index contributed by atoms with van der Waals surface area (Å²) in [7, 11) is 0. The van der Waals surface area contributed by atoms with Crippen molar-refractivity contribution in [2.45, 2.75) is 6.10 Å². The van der Waals surface area contributed by atoms with Crippen LogP contribution < -0.4 is 21.1 Å². The molecule has 0 aromatic heterocycles. The van der Waals surface area contributed by atoms with Crippen molar-refractivity contribution in [3.8, 4) is 23.8 Å². The molecule has 138 valence electrons. The van der Waals surface area contributed by atoms with Gasteiger partial charge in [0.25, 0.3) is 0 Å². The van der Waals surface area contributed by atoms with Crippen molar-refractivity contribution >= 4 is 23.2 Å². The third-order valence-electron chi connectivity index (χ3n) is 3.46. The van der Waals surface area contributed by atoms with Crippen LogP contribution in [-0.2, 0) is 4.74 Å². The van der Waals surface area contributed by atoms with Gasteiger partial charge < -0.3 is 20.5 Å². The summed E-state index contributed by atoms with van der Waals surface area (Å²) in [5.41, 5.74) is 6.22. The highest BCUT2D eigenvalue weighted by Crippen LogP contribution is 2.31. The minimum absolute atomic E-state index is 0.190. The lowest BCUT2D eigenvalue weighted by molar-refractivity contribution is 0.0772. The van der Waals surface area contributed by atoms with E-state index in [-0.39, 0.29) is 12.7 Å². The number of nitrogens with two attached hydrogens (primary N) is 1. The van der Waals surface area contributed by atoms with E-state index in [1.54, 1.807) is 30.3 Å². The van der Waals surface area contributed by atoms with E-state index in [0.717, 1.165) is 5.56 Å². The zero-order valence-electron chi connectivity index (χ0n) is 14.2. The first-order valence-corrected chi connectivity index (χ1v) is 8.79. The van der Waals surface area contributed by atoms with E-state index in [1.165, 1.54) is 0 Å². The number of benzene rings is 2. The summed E-state index contributed by atoms with van der Waals surface area (Å²) in [5, 5.41) is 7.35. The summed E-state index contributed by atoms with van der Waals surface area (Å²) in [4.78, 5) is 0. The maximum absolute atomic E-state index is 6.44. The van der Waals surface area contributed by atoms with Gasteiger partial charge in [-0.1, -0.05) is 35.2 Å². The van der Waals surface area contributed by atoms with Crippen molar-refractivity contribution in [2.75, 3.05) is 26.5 Å². The van der Waals surface area contributed by atoms with Crippen LogP contribution in [0, 0.1) is 12.3 Å². The molecule has 4 N–H and O–H groups in total. The van der Waals surface area contributed by atoms with Crippen molar-refractivity contribution in [3.63, 3.8) is 0 Å². The molecule has 5 nitrogen and oxygen atoms in total. The Morgan fingerprint density at radius 3 is 2.46 bits per heavy atom. The number of hydrogen-bond acceptors (Lipinski definition) is 5. The van der Waals surface area contributed by atoms with Crippen LogP contribution >= 0.6 is 23.2 Å². The van der Waals surface area contributed by atoms with Crippen LogP contribution in [0.2, 0.25) is 10.0 Å². The Hall–Kier alpha value is -1.78. The van der Waals surface area contributed by atoms with Gasteiger partial charge in [0.05, 0.1) is 11.1 Å². The van der Waals surface area contributed by atoms with Crippen LogP contribution in [0.1, 0.15) is 11.7 Å². The lowest BCUT2D eigenvalue weighted by Crippen LogP contribution is -2.35. The van der Waals surface area contributed by atoms with Gasteiger partial charge in [-0.15, -0.1) is 6.42 Å². The first-order valence-electron chi connectivity index (χ1n) is 8.03. The fraction of sp³-hybridized carbons (Fsp3) is 0.263. The molecular formula is C19H21Cl2N3O2. The molecule has 0 heterocycles. The predicted molar refractivity (Wildman–Crippen MR) is 106 cm³/mol. The zero-order valence-corrected chi connectivity index (χ0v) is 15.7. The number of nitrogens with one attached hydrogen (secondary N) is 2. The third kappa shape index (κ3) is 6.50. The lowest BCUT2D eigenvalue weighted by Gasteiger charge is -2.20. The maximum Gasteiger partial charge on any atom is 0.128 e. The molecule has 1 atom stereocenters. The molecule has 0 amide bonds. The zero-order chi connectivity index (χ0) is 18.8. The van der Waals surface area contributed by atoms with Gasteiger partial charge in [0.15, 0.2) is 0 Å². The second-order valence-electron chi connectivity index (χ2n) is 5.33. The minimum atomic E-state index is -0.289. The molecule has 7 heteroatoms. The second kappa shape index (κ2) is 11.0. The van der Waals surface area contributed by atoms with E-state index in [0.29, 0.717) is 41.4 Å². The highest BCUT2D eigenvalue weighted by molar-refractivity contribution is 6.31. The van der Waals surface area contributed by atoms with Crippen molar-refractivity contribution in [1.82, 2.24) is 10.6 Å². The largest absolute Gasteiger partial charge is 0.457 e. The molecule has 0 bridgehead atoms. The summed E-state index contributed by atoms with van der Waals surface area (Å²) < 4.78 is 11.5. The molecule has 1 unspecified atom stereocenters. The number of rotatable bonds is 10. The molecule has 0 radical (unpaired) electrons. The number of terminal acetylenes is 1. The predicted octanol–water partition coefficient (Wildman–Crippen LogP) is 3.53. The van der Waals surface area contributed by atoms with Crippen LogP contribution in [0.25, 0.3) is 0 Å². The van der Waals surface area contributed by atoms with Crippen LogP contribution in [-0.4, -0.2) is 26.5 Å². The monoisotopic (exact) mass is 393 g/mol. The van der Waals surface area contributed by atoms with Gasteiger partial charge in [0.2, 0.25) is 0 Å². The standard InChI is InChI=1S/C19H21Cl2N3O2/c1-2-9-25-19(11-23-13-24-12-22)17-8-7-16(10-18(17)21)26-15-5-3-14(20)4-6-15/h1,3-8,10,19,23-24H,9,11-13,22H2. The number of ether oxygens (including phenoxy) is 2. The Labute approximate surface area is 163 Å². The molecule has 0 spiro atoms. The molecule has 2 aromatic carbocycles. The molecular weight excluding hydrogens is 373 g/mol. The van der Waals surface area contributed by atoms with Gasteiger partial charge in [-0.3, -0.25) is 5.32 Å². The fourth-order valence-corrected chi connectivity index (χ4v) is 2.66. The van der Waals surface area contributed by atoms with Crippen LogP contribution in [0.15, 0.2) is 42.5 Å². The van der Waals surface area contributed by atoms with Crippen molar-refractivity contribution in [1.29, 1.82) is 0 Å². The Kier molecular flexibility index (Phi) is 8.72. The third-order valence-corrected chi connectivity index (χ3v) is 4.04. The summed E-state index contributed by atoms with van der Waals surface area (Å²) in [5.74, 6) is 3.77. The molecule has 0 saturated heterocycles. The van der Waals surface area contributed by atoms with E-state index < -0.39 is 0 Å². The Balaban J connectivity index is 2.08. The van der Waals surface area contributed by atoms with Crippen LogP contribution in [0.3, 0.4) is 0 Å². The van der Waals surface area contributed by atoms with Crippen LogP contribution in [0.5, 0.6) is 11.5 Å². The topological polar surface area (TPSA) is 68.5 Å². The summed E-state index contributed by atoms with van der Waals surface area (Å²) in [6.45, 7) is 1.67. The molecule has 0 aliphatic carbocycles. The highest BCUT2D eigenvalue weighted by Gasteiger charge is 2.16. The molecule has 0 fully saturated rings. The van der Waals surface area contributed by atoms with E-state index in [1.807, 2.05) is 12.1 Å². The lowest BCUT2D eigenvalue weighted by atomic mass is 10.1.